The Balaban J connectivity index is 1.02. The van der Waals surface area contributed by atoms with E-state index in [9.17, 15) is 0 Å². The number of fused-ring (bicyclic) bond motifs is 2. The molecule has 0 bridgehead atoms. The molecular weight excluding hydrogens is 544 g/mol. The Labute approximate surface area is 238 Å². The van der Waals surface area contributed by atoms with Crippen LogP contribution in [0, 0.1) is 0 Å². The van der Waals surface area contributed by atoms with E-state index in [2.05, 4.69) is 44.7 Å². The fourth-order valence-electron chi connectivity index (χ4n) is 4.21. The van der Waals surface area contributed by atoms with Crippen LogP contribution in [0.15, 0.2) is 105 Å². The second-order valence-corrected chi connectivity index (χ2v) is 10.8. The van der Waals surface area contributed by atoms with Crippen LogP contribution < -0.4 is 9.47 Å². The number of hydrogen-bond donors (Lipinski definition) is 0. The lowest BCUT2D eigenvalue weighted by Crippen LogP contribution is -2.15. The van der Waals surface area contributed by atoms with Gasteiger partial charge in [-0.05, 0) is 23.3 Å². The lowest BCUT2D eigenvalue weighted by molar-refractivity contribution is 0.274. The Hall–Kier alpha value is -4.42. The van der Waals surface area contributed by atoms with Gasteiger partial charge in [-0.1, -0.05) is 90.3 Å². The van der Waals surface area contributed by atoms with Crippen LogP contribution in [0.25, 0.3) is 0 Å². The van der Waals surface area contributed by atoms with Crippen LogP contribution in [0.5, 0.6) is 11.5 Å². The summed E-state index contributed by atoms with van der Waals surface area (Å²) >= 11 is 3.22. The third kappa shape index (κ3) is 5.10. The molecule has 5 aromatic rings. The Morgan fingerprint density at radius 1 is 0.575 bits per heavy atom. The van der Waals surface area contributed by atoms with E-state index in [0.29, 0.717) is 23.1 Å². The predicted octanol–water partition coefficient (Wildman–Crippen LogP) is 4.74. The molecule has 0 N–H and O–H groups in total. The van der Waals surface area contributed by atoms with Crippen molar-refractivity contribution < 1.29 is 9.47 Å². The zero-order valence-corrected chi connectivity index (χ0v) is 22.8. The number of nitrogens with zero attached hydrogens (tertiary/aromatic N) is 8. The Bertz CT molecular complexity index is 1590. The van der Waals surface area contributed by atoms with Crippen molar-refractivity contribution in [1.29, 1.82) is 0 Å². The molecule has 40 heavy (non-hydrogen) atoms. The van der Waals surface area contributed by atoms with Crippen molar-refractivity contribution >= 4 is 34.9 Å². The van der Waals surface area contributed by atoms with Gasteiger partial charge in [0.15, 0.2) is 11.6 Å². The van der Waals surface area contributed by atoms with Crippen molar-refractivity contribution in [3.8, 4) is 11.5 Å². The molecule has 7 rings (SSSR count). The van der Waals surface area contributed by atoms with Gasteiger partial charge in [0.1, 0.15) is 24.7 Å². The van der Waals surface area contributed by atoms with Gasteiger partial charge < -0.3 is 9.47 Å². The molecule has 198 valence electrons. The van der Waals surface area contributed by atoms with E-state index < -0.39 is 0 Å². The Morgan fingerprint density at radius 2 is 1.05 bits per heavy atom. The van der Waals surface area contributed by atoms with Gasteiger partial charge in [-0.25, -0.2) is 0 Å². The normalized spacial score (nSPS) is 14.1. The first-order chi connectivity index (χ1) is 19.8. The van der Waals surface area contributed by atoms with Gasteiger partial charge in [0, 0.05) is 17.6 Å². The molecule has 0 saturated carbocycles. The third-order valence-electron chi connectivity index (χ3n) is 6.23. The van der Waals surface area contributed by atoms with Crippen LogP contribution in [0.3, 0.4) is 0 Å². The van der Waals surface area contributed by atoms with E-state index in [4.69, 9.17) is 19.7 Å². The van der Waals surface area contributed by atoms with Gasteiger partial charge in [0.2, 0.25) is 10.3 Å². The monoisotopic (exact) mass is 566 g/mol. The van der Waals surface area contributed by atoms with Crippen LogP contribution in [-0.2, 0) is 13.2 Å². The van der Waals surface area contributed by atoms with E-state index in [-0.39, 0.29) is 13.2 Å². The molecule has 0 radical (unpaired) electrons. The summed E-state index contributed by atoms with van der Waals surface area (Å²) in [6, 6.07) is 27.7. The second kappa shape index (κ2) is 11.0. The highest BCUT2D eigenvalue weighted by molar-refractivity contribution is 8.00. The maximum Gasteiger partial charge on any atom is 0.212 e. The van der Waals surface area contributed by atoms with E-state index >= 15 is 0 Å². The zero-order valence-electron chi connectivity index (χ0n) is 21.1. The van der Waals surface area contributed by atoms with E-state index in [0.717, 1.165) is 44.4 Å². The fraction of sp³-hybridized carbons (Fsp3) is 0.143. The van der Waals surface area contributed by atoms with Crippen molar-refractivity contribution in [1.82, 2.24) is 29.7 Å². The molecule has 3 aromatic carbocycles. The molecule has 0 amide bonds. The molecule has 0 fully saturated rings. The SMILES string of the molecule is c1ccc(C2=Nn3c(COc4cccc(OCc5nnc6n5N=C(c5ccccc5)CS6)c4)nnc3SC2)cc1. The van der Waals surface area contributed by atoms with Gasteiger partial charge in [0.05, 0.1) is 11.4 Å². The quantitative estimate of drug-likeness (QED) is 0.265. The summed E-state index contributed by atoms with van der Waals surface area (Å²) < 4.78 is 15.6. The van der Waals surface area contributed by atoms with Crippen LogP contribution in [-0.4, -0.2) is 52.7 Å². The molecule has 10 nitrogen and oxygen atoms in total. The Morgan fingerprint density at radius 3 is 1.52 bits per heavy atom. The number of hydrogen-bond acceptors (Lipinski definition) is 10. The van der Waals surface area contributed by atoms with Gasteiger partial charge in [-0.15, -0.1) is 20.4 Å². The highest BCUT2D eigenvalue weighted by Gasteiger charge is 2.21. The zero-order chi connectivity index (χ0) is 26.7. The summed E-state index contributed by atoms with van der Waals surface area (Å²) in [5, 5.41) is 28.2. The number of aromatic nitrogens is 6. The fourth-order valence-corrected chi connectivity index (χ4v) is 5.92. The maximum absolute atomic E-state index is 6.05. The highest BCUT2D eigenvalue weighted by Crippen LogP contribution is 2.27. The van der Waals surface area contributed by atoms with Crippen molar-refractivity contribution in [2.45, 2.75) is 23.5 Å². The molecule has 2 aliphatic rings. The molecular formula is C28H22N8O2S2. The summed E-state index contributed by atoms with van der Waals surface area (Å²) in [5.74, 6) is 4.04. The molecule has 0 saturated heterocycles. The van der Waals surface area contributed by atoms with Crippen molar-refractivity contribution in [3.63, 3.8) is 0 Å². The summed E-state index contributed by atoms with van der Waals surface area (Å²) in [7, 11) is 0. The van der Waals surface area contributed by atoms with Crippen LogP contribution in [0.1, 0.15) is 22.8 Å². The van der Waals surface area contributed by atoms with E-state index in [1.165, 1.54) is 0 Å². The minimum Gasteiger partial charge on any atom is -0.485 e. The van der Waals surface area contributed by atoms with Crippen molar-refractivity contribution in [2.24, 2.45) is 10.2 Å². The van der Waals surface area contributed by atoms with Crippen molar-refractivity contribution in [3.05, 3.63) is 108 Å². The smallest absolute Gasteiger partial charge is 0.212 e. The summed E-state index contributed by atoms with van der Waals surface area (Å²) in [6.45, 7) is 0.433. The first-order valence-corrected chi connectivity index (χ1v) is 14.5. The number of thioether (sulfide) groups is 2. The average molecular weight is 567 g/mol. The molecule has 2 aliphatic heterocycles. The Kier molecular flexibility index (Phi) is 6.76. The maximum atomic E-state index is 6.05. The molecule has 4 heterocycles. The lowest BCUT2D eigenvalue weighted by Gasteiger charge is -2.14. The molecule has 0 spiro atoms. The van der Waals surface area contributed by atoms with Crippen LogP contribution in [0.2, 0.25) is 0 Å². The van der Waals surface area contributed by atoms with E-state index in [1.54, 1.807) is 32.9 Å². The minimum atomic E-state index is 0.217. The van der Waals surface area contributed by atoms with Crippen LogP contribution in [0.4, 0.5) is 0 Å². The van der Waals surface area contributed by atoms with Gasteiger partial charge in [-0.2, -0.15) is 19.6 Å². The standard InChI is InChI=1S/C28H22N8O2S2/c1-3-8-19(9-4-1)23-17-39-27-31-29-25(35(27)33-23)15-37-21-12-7-13-22(14-21)38-16-26-30-32-28-36(26)34-24(18-40-28)20-10-5-2-6-11-20/h1-14H,15-18H2. The number of ether oxygens (including phenoxy) is 2. The minimum absolute atomic E-state index is 0.217. The van der Waals surface area contributed by atoms with Gasteiger partial charge in [-0.3, -0.25) is 0 Å². The molecule has 0 aliphatic carbocycles. The first-order valence-electron chi connectivity index (χ1n) is 12.6. The van der Waals surface area contributed by atoms with Gasteiger partial charge in [0.25, 0.3) is 0 Å². The summed E-state index contributed by atoms with van der Waals surface area (Å²) in [4.78, 5) is 0. The first kappa shape index (κ1) is 24.6. The van der Waals surface area contributed by atoms with Gasteiger partial charge >= 0.3 is 0 Å². The summed E-state index contributed by atoms with van der Waals surface area (Å²) in [6.07, 6.45) is 0. The third-order valence-corrected chi connectivity index (χ3v) is 8.09. The topological polar surface area (TPSA) is 105 Å². The van der Waals surface area contributed by atoms with E-state index in [1.807, 2.05) is 60.7 Å². The molecule has 2 aromatic heterocycles. The highest BCUT2D eigenvalue weighted by atomic mass is 32.2. The molecule has 12 heteroatoms. The largest absolute Gasteiger partial charge is 0.485 e. The molecule has 0 atom stereocenters. The predicted molar refractivity (Wildman–Crippen MR) is 153 cm³/mol. The lowest BCUT2D eigenvalue weighted by atomic mass is 10.1. The number of rotatable bonds is 8. The van der Waals surface area contributed by atoms with Crippen LogP contribution >= 0.6 is 23.5 Å². The molecule has 0 unspecified atom stereocenters. The average Bonchev–Trinajstić information content (AvgIpc) is 3.63. The van der Waals surface area contributed by atoms with Crippen molar-refractivity contribution in [2.75, 3.05) is 11.5 Å². The second-order valence-electron chi connectivity index (χ2n) is 8.88. The summed E-state index contributed by atoms with van der Waals surface area (Å²) in [5.41, 5.74) is 4.12. The number of benzene rings is 3.